The summed E-state index contributed by atoms with van der Waals surface area (Å²) in [6.45, 7) is 3.77. The number of fused-ring (bicyclic) bond motifs is 5. The molecule has 0 radical (unpaired) electrons. The predicted molar refractivity (Wildman–Crippen MR) is 97.9 cm³/mol. The first-order valence-electron chi connectivity index (χ1n) is 8.97. The molecule has 0 fully saturated rings. The van der Waals surface area contributed by atoms with Crippen LogP contribution in [0, 0.1) is 5.82 Å². The minimum Gasteiger partial charge on any atom is -0.460 e. The highest BCUT2D eigenvalue weighted by Crippen LogP contribution is 2.40. The number of cyclic esters (lactones) is 1. The van der Waals surface area contributed by atoms with Crippen LogP contribution in [0.2, 0.25) is 0 Å². The number of ether oxygens (including phenoxy) is 1. The molecule has 0 bridgehead atoms. The zero-order valence-corrected chi connectivity index (χ0v) is 15.0. The van der Waals surface area contributed by atoms with Gasteiger partial charge in [0.2, 0.25) is 0 Å². The van der Waals surface area contributed by atoms with Crippen molar-refractivity contribution < 1.29 is 13.9 Å². The number of aromatic nitrogens is 2. The molecule has 3 aromatic rings. The molecule has 1 atom stereocenters. The Morgan fingerprint density at radius 1 is 1.26 bits per heavy atom. The van der Waals surface area contributed by atoms with E-state index in [0.29, 0.717) is 45.4 Å². The summed E-state index contributed by atoms with van der Waals surface area (Å²) in [7, 11) is 0. The zero-order valence-electron chi connectivity index (χ0n) is 15.0. The first-order valence-corrected chi connectivity index (χ1v) is 8.97. The van der Waals surface area contributed by atoms with E-state index in [1.54, 1.807) is 31.2 Å². The van der Waals surface area contributed by atoms with Gasteiger partial charge < -0.3 is 9.30 Å². The normalized spacial score (nSPS) is 20.2. The van der Waals surface area contributed by atoms with Crippen LogP contribution in [0.25, 0.3) is 22.3 Å². The van der Waals surface area contributed by atoms with E-state index < -0.39 is 5.41 Å². The van der Waals surface area contributed by atoms with Gasteiger partial charge in [-0.05, 0) is 37.1 Å². The summed E-state index contributed by atoms with van der Waals surface area (Å²) >= 11 is 0. The number of nitrogens with zero attached hydrogens (tertiary/aromatic N) is 2. The average molecular weight is 364 g/mol. The lowest BCUT2D eigenvalue weighted by molar-refractivity contribution is -0.153. The smallest absolute Gasteiger partial charge is 0.316 e. The zero-order chi connectivity index (χ0) is 18.9. The lowest BCUT2D eigenvalue weighted by Gasteiger charge is -2.33. The summed E-state index contributed by atoms with van der Waals surface area (Å²) in [5, 5.41) is 0.443. The summed E-state index contributed by atoms with van der Waals surface area (Å²) in [6, 6.07) is 8.84. The van der Waals surface area contributed by atoms with Crippen LogP contribution >= 0.6 is 0 Å². The van der Waals surface area contributed by atoms with Gasteiger partial charge >= 0.3 is 5.97 Å². The van der Waals surface area contributed by atoms with Crippen molar-refractivity contribution in [1.29, 1.82) is 0 Å². The van der Waals surface area contributed by atoms with Crippen LogP contribution in [-0.2, 0) is 28.1 Å². The molecule has 0 saturated carbocycles. The van der Waals surface area contributed by atoms with Crippen LogP contribution in [0.4, 0.5) is 4.39 Å². The van der Waals surface area contributed by atoms with Crippen LogP contribution in [-0.4, -0.2) is 15.5 Å². The monoisotopic (exact) mass is 364 g/mol. The molecule has 5 nitrogen and oxygen atoms in total. The minimum absolute atomic E-state index is 0.0445. The number of para-hydroxylation sites is 1. The number of pyridine rings is 2. The molecule has 2 aromatic heterocycles. The van der Waals surface area contributed by atoms with E-state index in [1.165, 1.54) is 4.57 Å². The van der Waals surface area contributed by atoms with Crippen molar-refractivity contribution in [3.05, 3.63) is 63.2 Å². The predicted octanol–water partition coefficient (Wildman–Crippen LogP) is 3.29. The summed E-state index contributed by atoms with van der Waals surface area (Å²) in [5.41, 5.74) is 2.01. The molecule has 4 heterocycles. The summed E-state index contributed by atoms with van der Waals surface area (Å²) in [5.74, 6) is -0.681. The molecule has 0 unspecified atom stereocenters. The number of hydrogen-bond acceptors (Lipinski definition) is 4. The van der Waals surface area contributed by atoms with Crippen molar-refractivity contribution in [2.45, 2.75) is 38.8 Å². The molecule has 2 aliphatic heterocycles. The third kappa shape index (κ3) is 1.95. The number of halogens is 1. The van der Waals surface area contributed by atoms with Gasteiger partial charge in [-0.2, -0.15) is 0 Å². The molecule has 5 rings (SSSR count). The lowest BCUT2D eigenvalue weighted by atomic mass is 9.76. The number of hydrogen-bond donors (Lipinski definition) is 0. The molecule has 0 spiro atoms. The van der Waals surface area contributed by atoms with E-state index in [-0.39, 0.29) is 30.5 Å². The second-order valence-electron chi connectivity index (χ2n) is 7.34. The molecule has 0 aliphatic carbocycles. The Morgan fingerprint density at radius 3 is 2.81 bits per heavy atom. The van der Waals surface area contributed by atoms with Gasteiger partial charge in [0.25, 0.3) is 5.56 Å². The Kier molecular flexibility index (Phi) is 3.15. The highest BCUT2D eigenvalue weighted by molar-refractivity contribution is 5.87. The number of carbonyl (C=O) groups is 1. The van der Waals surface area contributed by atoms with Crippen LogP contribution in [0.5, 0.6) is 0 Å². The number of benzene rings is 1. The van der Waals surface area contributed by atoms with Crippen LogP contribution < -0.4 is 5.56 Å². The first-order chi connectivity index (χ1) is 13.0. The molecule has 2 aliphatic rings. The third-order valence-corrected chi connectivity index (χ3v) is 5.98. The standard InChI is InChI=1S/C21H17FN2O3/c1-3-21(2)14-8-16-18-12(17(22)11-6-4-5-7-15(11)23-18)9-24(16)19(25)13(14)10-27-20(21)26/h4-8H,3,9-10H2,1-2H3/t21-/m1/s1. The second-order valence-corrected chi connectivity index (χ2v) is 7.34. The number of rotatable bonds is 1. The second kappa shape index (κ2) is 5.25. The quantitative estimate of drug-likeness (QED) is 0.486. The largest absolute Gasteiger partial charge is 0.460 e. The molecular formula is C21H17FN2O3. The first kappa shape index (κ1) is 16.2. The van der Waals surface area contributed by atoms with E-state index in [4.69, 9.17) is 4.74 Å². The van der Waals surface area contributed by atoms with Crippen molar-refractivity contribution in [3.8, 4) is 11.4 Å². The van der Waals surface area contributed by atoms with E-state index in [9.17, 15) is 9.59 Å². The van der Waals surface area contributed by atoms with Gasteiger partial charge in [0.15, 0.2) is 0 Å². The molecule has 0 N–H and O–H groups in total. The SMILES string of the molecule is CC[C@@]1(C)C(=O)OCc2c1cc1n(c2=O)Cc2c-1nc1ccccc1c2F. The maximum Gasteiger partial charge on any atom is 0.316 e. The average Bonchev–Trinajstić information content (AvgIpc) is 3.05. The number of esters is 1. The fourth-order valence-electron chi connectivity index (χ4n) is 4.14. The minimum atomic E-state index is -0.888. The van der Waals surface area contributed by atoms with Crippen LogP contribution in [0.15, 0.2) is 35.1 Å². The Balaban J connectivity index is 1.84. The fraction of sp³-hybridized carbons (Fsp3) is 0.286. The molecule has 6 heteroatoms. The molecular weight excluding hydrogens is 347 g/mol. The maximum absolute atomic E-state index is 15.1. The molecule has 136 valence electrons. The van der Waals surface area contributed by atoms with Crippen molar-refractivity contribution in [2.75, 3.05) is 0 Å². The molecule has 0 amide bonds. The summed E-state index contributed by atoms with van der Waals surface area (Å²) < 4.78 is 21.9. The van der Waals surface area contributed by atoms with Gasteiger partial charge in [-0.25, -0.2) is 9.37 Å². The molecule has 0 saturated heterocycles. The number of carbonyl (C=O) groups excluding carboxylic acids is 1. The van der Waals surface area contributed by atoms with E-state index >= 15 is 4.39 Å². The highest BCUT2D eigenvalue weighted by atomic mass is 19.1. The summed E-state index contributed by atoms with van der Waals surface area (Å²) in [4.78, 5) is 30.1. The Labute approximate surface area is 154 Å². The van der Waals surface area contributed by atoms with E-state index in [2.05, 4.69) is 4.98 Å². The van der Waals surface area contributed by atoms with Gasteiger partial charge in [-0.1, -0.05) is 19.1 Å². The van der Waals surface area contributed by atoms with Gasteiger partial charge in [0.1, 0.15) is 12.4 Å². The van der Waals surface area contributed by atoms with Crippen molar-refractivity contribution in [2.24, 2.45) is 0 Å². The topological polar surface area (TPSA) is 61.2 Å². The van der Waals surface area contributed by atoms with Gasteiger partial charge in [0.05, 0.1) is 34.4 Å². The Bertz CT molecular complexity index is 1210. The maximum atomic E-state index is 15.1. The molecule has 27 heavy (non-hydrogen) atoms. The van der Waals surface area contributed by atoms with E-state index in [1.807, 2.05) is 13.0 Å². The van der Waals surface area contributed by atoms with Gasteiger partial charge in [0, 0.05) is 10.9 Å². The van der Waals surface area contributed by atoms with Crippen molar-refractivity contribution in [1.82, 2.24) is 9.55 Å². The lowest BCUT2D eigenvalue weighted by Crippen LogP contribution is -2.42. The Morgan fingerprint density at radius 2 is 2.04 bits per heavy atom. The van der Waals surface area contributed by atoms with Gasteiger partial charge in [-0.3, -0.25) is 9.59 Å². The summed E-state index contributed by atoms with van der Waals surface area (Å²) in [6.07, 6.45) is 0.508. The Hall–Kier alpha value is -3.02. The van der Waals surface area contributed by atoms with Crippen LogP contribution in [0.1, 0.15) is 37.0 Å². The fourth-order valence-corrected chi connectivity index (χ4v) is 4.14. The van der Waals surface area contributed by atoms with Crippen molar-refractivity contribution >= 4 is 16.9 Å². The molecule has 1 aromatic carbocycles. The van der Waals surface area contributed by atoms with Gasteiger partial charge in [-0.15, -0.1) is 0 Å². The van der Waals surface area contributed by atoms with Crippen LogP contribution in [0.3, 0.4) is 0 Å². The third-order valence-electron chi connectivity index (χ3n) is 5.98. The van der Waals surface area contributed by atoms with E-state index in [0.717, 1.165) is 0 Å². The van der Waals surface area contributed by atoms with Crippen molar-refractivity contribution in [3.63, 3.8) is 0 Å². The highest BCUT2D eigenvalue weighted by Gasteiger charge is 2.43.